The van der Waals surface area contributed by atoms with E-state index in [0.717, 1.165) is 17.0 Å². The number of halogens is 1. The lowest BCUT2D eigenvalue weighted by atomic mass is 10.1. The first-order valence-electron chi connectivity index (χ1n) is 8.71. The Bertz CT molecular complexity index is 994. The molecule has 0 saturated carbocycles. The molecule has 7 heteroatoms. The summed E-state index contributed by atoms with van der Waals surface area (Å²) in [5.41, 5.74) is 3.10. The maximum atomic E-state index is 12.4. The molecule has 0 radical (unpaired) electrons. The van der Waals surface area contributed by atoms with Crippen LogP contribution in [0.3, 0.4) is 0 Å². The van der Waals surface area contributed by atoms with Gasteiger partial charge >= 0.3 is 0 Å². The number of aromatic nitrogens is 3. The number of rotatable bonds is 6. The molecule has 3 aromatic rings. The van der Waals surface area contributed by atoms with Crippen LogP contribution in [-0.4, -0.2) is 20.7 Å². The Labute approximate surface area is 168 Å². The van der Waals surface area contributed by atoms with Gasteiger partial charge in [-0.2, -0.15) is 5.10 Å². The number of amides is 1. The van der Waals surface area contributed by atoms with E-state index in [1.807, 2.05) is 66.9 Å². The summed E-state index contributed by atoms with van der Waals surface area (Å²) in [7, 11) is 0. The summed E-state index contributed by atoms with van der Waals surface area (Å²) in [6.45, 7) is 4.42. The summed E-state index contributed by atoms with van der Waals surface area (Å²) in [4.78, 5) is 12.4. The maximum absolute atomic E-state index is 12.4. The zero-order valence-electron chi connectivity index (χ0n) is 15.2. The highest BCUT2D eigenvalue weighted by atomic mass is 35.5. The van der Waals surface area contributed by atoms with E-state index in [-0.39, 0.29) is 11.9 Å². The van der Waals surface area contributed by atoms with Crippen molar-refractivity contribution in [2.45, 2.75) is 32.9 Å². The van der Waals surface area contributed by atoms with Gasteiger partial charge in [0.1, 0.15) is 0 Å². The highest BCUT2D eigenvalue weighted by Crippen LogP contribution is 2.19. The molecule has 0 aliphatic carbocycles. The molecular formula is C20H21ClN4OS. The average molecular weight is 401 g/mol. The molecule has 3 rings (SSSR count). The number of hydrogen-bond donors (Lipinski definition) is 2. The lowest BCUT2D eigenvalue weighted by Crippen LogP contribution is -2.27. The van der Waals surface area contributed by atoms with Crippen molar-refractivity contribution in [1.82, 2.24) is 20.1 Å². The quantitative estimate of drug-likeness (QED) is 0.582. The summed E-state index contributed by atoms with van der Waals surface area (Å²) in [5.74, 6) is 0.677. The Morgan fingerprint density at radius 1 is 1.30 bits per heavy atom. The van der Waals surface area contributed by atoms with E-state index in [0.29, 0.717) is 22.8 Å². The fraction of sp³-hybridized carbons (Fsp3) is 0.250. The topological polar surface area (TPSA) is 62.7 Å². The molecule has 2 N–H and O–H groups in total. The molecule has 5 nitrogen and oxygen atoms in total. The van der Waals surface area contributed by atoms with Gasteiger partial charge in [0.15, 0.2) is 10.6 Å². The van der Waals surface area contributed by atoms with Gasteiger partial charge in [0.25, 0.3) is 0 Å². The number of hydrogen-bond acceptors (Lipinski definition) is 3. The molecule has 1 atom stereocenters. The van der Waals surface area contributed by atoms with E-state index >= 15 is 0 Å². The van der Waals surface area contributed by atoms with Gasteiger partial charge in [-0.1, -0.05) is 53.6 Å². The zero-order chi connectivity index (χ0) is 19.4. The van der Waals surface area contributed by atoms with Crippen molar-refractivity contribution in [3.63, 3.8) is 0 Å². The van der Waals surface area contributed by atoms with Gasteiger partial charge in [0.2, 0.25) is 5.91 Å². The number of H-pyrrole nitrogens is 1. The molecule has 140 valence electrons. The fourth-order valence-electron chi connectivity index (χ4n) is 2.83. The lowest BCUT2D eigenvalue weighted by molar-refractivity contribution is -0.121. The first kappa shape index (κ1) is 19.3. The second-order valence-corrected chi connectivity index (χ2v) is 7.29. The Kier molecular flexibility index (Phi) is 6.08. The normalized spacial score (nSPS) is 12.0. The van der Waals surface area contributed by atoms with Crippen LogP contribution in [0.5, 0.6) is 0 Å². The van der Waals surface area contributed by atoms with E-state index in [9.17, 15) is 4.79 Å². The first-order valence-corrected chi connectivity index (χ1v) is 9.50. The van der Waals surface area contributed by atoms with Crippen molar-refractivity contribution in [2.75, 3.05) is 0 Å². The van der Waals surface area contributed by atoms with Crippen molar-refractivity contribution in [1.29, 1.82) is 0 Å². The summed E-state index contributed by atoms with van der Waals surface area (Å²) >= 11 is 11.3. The molecule has 1 amide bonds. The van der Waals surface area contributed by atoms with Gasteiger partial charge in [-0.05, 0) is 43.8 Å². The Morgan fingerprint density at radius 3 is 2.74 bits per heavy atom. The van der Waals surface area contributed by atoms with Crippen molar-refractivity contribution in [2.24, 2.45) is 0 Å². The van der Waals surface area contributed by atoms with Gasteiger partial charge in [0, 0.05) is 23.6 Å². The van der Waals surface area contributed by atoms with E-state index in [4.69, 9.17) is 23.8 Å². The minimum Gasteiger partial charge on any atom is -0.350 e. The summed E-state index contributed by atoms with van der Waals surface area (Å²) < 4.78 is 2.35. The number of carbonyl (C=O) groups excluding carboxylic acids is 1. The number of carbonyl (C=O) groups is 1. The Balaban J connectivity index is 1.66. The van der Waals surface area contributed by atoms with Crippen LogP contribution in [0.15, 0.2) is 48.5 Å². The van der Waals surface area contributed by atoms with Crippen molar-refractivity contribution in [3.05, 3.63) is 69.5 Å². The van der Waals surface area contributed by atoms with Crippen LogP contribution in [0.2, 0.25) is 5.02 Å². The van der Waals surface area contributed by atoms with Gasteiger partial charge in [-0.3, -0.25) is 14.5 Å². The Morgan fingerprint density at radius 2 is 2.04 bits per heavy atom. The molecule has 2 aromatic carbocycles. The molecule has 0 aliphatic rings. The van der Waals surface area contributed by atoms with Crippen LogP contribution >= 0.6 is 23.8 Å². The summed E-state index contributed by atoms with van der Waals surface area (Å²) in [5, 5.41) is 10.8. The molecule has 27 heavy (non-hydrogen) atoms. The van der Waals surface area contributed by atoms with Crippen molar-refractivity contribution >= 4 is 29.7 Å². The number of nitrogens with one attached hydrogen (secondary N) is 2. The standard InChI is InChI=1S/C20H21ClN4OS/c1-13-6-8-15(9-7-13)19-23-24-20(27)25(19)11-10-18(26)22-14(2)16-4-3-5-17(21)12-16/h3-9,12,14H,10-11H2,1-2H3,(H,22,26)(H,24,27)/t14-/m0/s1. The maximum Gasteiger partial charge on any atom is 0.222 e. The van der Waals surface area contributed by atoms with Crippen LogP contribution in [0, 0.1) is 11.7 Å². The third kappa shape index (κ3) is 4.84. The largest absolute Gasteiger partial charge is 0.350 e. The molecule has 1 heterocycles. The van der Waals surface area contributed by atoms with Crippen molar-refractivity contribution in [3.8, 4) is 11.4 Å². The number of aromatic amines is 1. The molecule has 0 bridgehead atoms. The van der Waals surface area contributed by atoms with E-state index < -0.39 is 0 Å². The van der Waals surface area contributed by atoms with Crippen LogP contribution in [0.4, 0.5) is 0 Å². The third-order valence-electron chi connectivity index (χ3n) is 4.36. The third-order valence-corrected chi connectivity index (χ3v) is 4.90. The molecule has 0 aliphatic heterocycles. The monoisotopic (exact) mass is 400 g/mol. The van der Waals surface area contributed by atoms with E-state index in [1.54, 1.807) is 0 Å². The zero-order valence-corrected chi connectivity index (χ0v) is 16.8. The molecule has 1 aromatic heterocycles. The number of benzene rings is 2. The number of aryl methyl sites for hydroxylation is 1. The van der Waals surface area contributed by atoms with Crippen LogP contribution in [0.25, 0.3) is 11.4 Å². The van der Waals surface area contributed by atoms with Crippen molar-refractivity contribution < 1.29 is 4.79 Å². The minimum absolute atomic E-state index is 0.0552. The predicted octanol–water partition coefficient (Wildman–Crippen LogP) is 4.84. The molecule has 0 fully saturated rings. The van der Waals surface area contributed by atoms with Gasteiger partial charge < -0.3 is 5.32 Å². The van der Waals surface area contributed by atoms with Gasteiger partial charge in [-0.15, -0.1) is 0 Å². The summed E-state index contributed by atoms with van der Waals surface area (Å²) in [6, 6.07) is 15.4. The molecule has 0 unspecified atom stereocenters. The second kappa shape index (κ2) is 8.50. The van der Waals surface area contributed by atoms with Crippen LogP contribution in [0.1, 0.15) is 30.5 Å². The predicted molar refractivity (Wildman–Crippen MR) is 110 cm³/mol. The second-order valence-electron chi connectivity index (χ2n) is 6.46. The highest BCUT2D eigenvalue weighted by molar-refractivity contribution is 7.71. The molecular weight excluding hydrogens is 380 g/mol. The SMILES string of the molecule is Cc1ccc(-c2n[nH]c(=S)n2CCC(=O)N[C@@H](C)c2cccc(Cl)c2)cc1. The highest BCUT2D eigenvalue weighted by Gasteiger charge is 2.13. The van der Waals surface area contributed by atoms with Gasteiger partial charge in [-0.25, -0.2) is 0 Å². The molecule has 0 saturated heterocycles. The minimum atomic E-state index is -0.120. The molecule has 0 spiro atoms. The lowest BCUT2D eigenvalue weighted by Gasteiger charge is -2.15. The van der Waals surface area contributed by atoms with E-state index in [1.165, 1.54) is 5.56 Å². The Hall–Kier alpha value is -2.44. The van der Waals surface area contributed by atoms with Crippen LogP contribution < -0.4 is 5.32 Å². The fourth-order valence-corrected chi connectivity index (χ4v) is 3.26. The van der Waals surface area contributed by atoms with E-state index in [2.05, 4.69) is 15.5 Å². The number of nitrogens with zero attached hydrogens (tertiary/aromatic N) is 2. The smallest absolute Gasteiger partial charge is 0.222 e. The summed E-state index contributed by atoms with van der Waals surface area (Å²) in [6.07, 6.45) is 0.303. The van der Waals surface area contributed by atoms with Gasteiger partial charge in [0.05, 0.1) is 6.04 Å². The first-order chi connectivity index (χ1) is 12.9. The average Bonchev–Trinajstić information content (AvgIpc) is 3.01. The van der Waals surface area contributed by atoms with Crippen LogP contribution in [-0.2, 0) is 11.3 Å².